The first-order valence-electron chi connectivity index (χ1n) is 6.51. The number of hydrogen-bond donors (Lipinski definition) is 2. The van der Waals surface area contributed by atoms with Gasteiger partial charge in [-0.3, -0.25) is 9.59 Å². The van der Waals surface area contributed by atoms with Crippen molar-refractivity contribution in [1.82, 2.24) is 15.4 Å². The van der Waals surface area contributed by atoms with Crippen LogP contribution in [-0.4, -0.2) is 55.5 Å². The summed E-state index contributed by atoms with van der Waals surface area (Å²) in [5, 5.41) is 4.42. The molecule has 110 valence electrons. The van der Waals surface area contributed by atoms with Crippen molar-refractivity contribution in [2.75, 3.05) is 13.1 Å². The number of carbonyl (C=O) groups is 3. The second kappa shape index (κ2) is 6.63. The van der Waals surface area contributed by atoms with Crippen molar-refractivity contribution >= 4 is 25.9 Å². The van der Waals surface area contributed by atoms with Gasteiger partial charge >= 0.3 is 6.09 Å². The maximum Gasteiger partial charge on any atom is 0.408 e. The molecule has 1 atom stereocenters. The monoisotopic (exact) mass is 281 g/mol. The first-order chi connectivity index (χ1) is 9.24. The highest BCUT2D eigenvalue weighted by atomic mass is 16.6. The average Bonchev–Trinajstić information content (AvgIpc) is 2.82. The third kappa shape index (κ3) is 4.75. The van der Waals surface area contributed by atoms with Gasteiger partial charge in [0.25, 0.3) is 0 Å². The number of nitrogens with one attached hydrogen (secondary N) is 2. The van der Waals surface area contributed by atoms with Gasteiger partial charge in [0.15, 0.2) is 0 Å². The quantitative estimate of drug-likeness (QED) is 0.695. The number of amides is 3. The minimum Gasteiger partial charge on any atom is -0.444 e. The Morgan fingerprint density at radius 3 is 2.55 bits per heavy atom. The third-order valence-corrected chi connectivity index (χ3v) is 2.80. The molecule has 1 rings (SSSR count). The van der Waals surface area contributed by atoms with Crippen LogP contribution in [0.5, 0.6) is 0 Å². The van der Waals surface area contributed by atoms with E-state index in [0.29, 0.717) is 13.0 Å². The van der Waals surface area contributed by atoms with Crippen LogP contribution in [-0.2, 0) is 14.3 Å². The Morgan fingerprint density at radius 1 is 1.35 bits per heavy atom. The van der Waals surface area contributed by atoms with Crippen LogP contribution in [0.15, 0.2) is 0 Å². The van der Waals surface area contributed by atoms with E-state index in [1.807, 2.05) is 5.23 Å². The fourth-order valence-corrected chi connectivity index (χ4v) is 2.00. The van der Waals surface area contributed by atoms with Gasteiger partial charge in [0.05, 0.1) is 0 Å². The lowest BCUT2D eigenvalue weighted by Gasteiger charge is -2.24. The highest BCUT2D eigenvalue weighted by Gasteiger charge is 2.33. The summed E-state index contributed by atoms with van der Waals surface area (Å²) >= 11 is 0. The standard InChI is InChI=1S/C12H20BN3O4/c1-12(2,3)20-11(19)14-7-9(17)16-6-4-5-8(16)10(18)15-13/h8H,4-7H2,1-3H3,(H,14,19)(H,15,18). The van der Waals surface area contributed by atoms with Gasteiger partial charge < -0.3 is 20.2 Å². The van der Waals surface area contributed by atoms with Crippen molar-refractivity contribution in [3.8, 4) is 0 Å². The molecule has 0 aliphatic carbocycles. The zero-order valence-electron chi connectivity index (χ0n) is 12.1. The van der Waals surface area contributed by atoms with Crippen LogP contribution < -0.4 is 10.5 Å². The topological polar surface area (TPSA) is 87.7 Å². The summed E-state index contributed by atoms with van der Waals surface area (Å²) in [6.07, 6.45) is 0.641. The molecule has 1 saturated heterocycles. The number of alkyl carbamates (subject to hydrolysis) is 1. The first-order valence-corrected chi connectivity index (χ1v) is 6.51. The normalized spacial score (nSPS) is 18.6. The number of carbonyl (C=O) groups excluding carboxylic acids is 3. The van der Waals surface area contributed by atoms with Gasteiger partial charge in [-0.15, -0.1) is 0 Å². The second-order valence-electron chi connectivity index (χ2n) is 5.61. The van der Waals surface area contributed by atoms with Crippen molar-refractivity contribution in [3.63, 3.8) is 0 Å². The number of nitrogens with zero attached hydrogens (tertiary/aromatic N) is 1. The fourth-order valence-electron chi connectivity index (χ4n) is 2.00. The van der Waals surface area contributed by atoms with Crippen LogP contribution in [0.3, 0.4) is 0 Å². The van der Waals surface area contributed by atoms with Gasteiger partial charge in [-0.1, -0.05) is 0 Å². The summed E-state index contributed by atoms with van der Waals surface area (Å²) in [5.41, 5.74) is -0.622. The molecule has 0 saturated carbocycles. The lowest BCUT2D eigenvalue weighted by Crippen LogP contribution is -2.48. The lowest BCUT2D eigenvalue weighted by molar-refractivity contribution is -0.137. The van der Waals surface area contributed by atoms with Gasteiger partial charge in [-0.25, -0.2) is 4.79 Å². The number of rotatable bonds is 3. The Hall–Kier alpha value is -1.73. The van der Waals surface area contributed by atoms with Crippen LogP contribution in [0, 0.1) is 0 Å². The van der Waals surface area contributed by atoms with E-state index in [4.69, 9.17) is 12.7 Å². The zero-order chi connectivity index (χ0) is 15.3. The van der Waals surface area contributed by atoms with Crippen LogP contribution in [0.4, 0.5) is 4.79 Å². The summed E-state index contributed by atoms with van der Waals surface area (Å²) in [4.78, 5) is 36.4. The molecule has 0 bridgehead atoms. The molecule has 1 unspecified atom stereocenters. The third-order valence-electron chi connectivity index (χ3n) is 2.80. The summed E-state index contributed by atoms with van der Waals surface area (Å²) in [7, 11) is 5.08. The highest BCUT2D eigenvalue weighted by molar-refractivity contribution is 6.15. The minimum absolute atomic E-state index is 0.205. The van der Waals surface area contributed by atoms with Gasteiger partial charge in [-0.05, 0) is 33.6 Å². The first kappa shape index (κ1) is 16.3. The van der Waals surface area contributed by atoms with E-state index in [1.165, 1.54) is 4.90 Å². The van der Waals surface area contributed by atoms with Crippen LogP contribution in [0.2, 0.25) is 0 Å². The molecule has 0 aromatic heterocycles. The largest absolute Gasteiger partial charge is 0.444 e. The molecule has 1 aliphatic heterocycles. The number of ether oxygens (including phenoxy) is 1. The Morgan fingerprint density at radius 2 is 2.00 bits per heavy atom. The Kier molecular flexibility index (Phi) is 5.41. The van der Waals surface area contributed by atoms with Gasteiger partial charge in [0, 0.05) is 6.54 Å². The molecule has 7 nitrogen and oxygen atoms in total. The van der Waals surface area contributed by atoms with Crippen molar-refractivity contribution < 1.29 is 19.1 Å². The Bertz CT molecular complexity index is 395. The van der Waals surface area contributed by atoms with E-state index in [9.17, 15) is 14.4 Å². The predicted molar refractivity (Wildman–Crippen MR) is 72.9 cm³/mol. The minimum atomic E-state index is -0.662. The van der Waals surface area contributed by atoms with Gasteiger partial charge in [0.1, 0.15) is 18.2 Å². The molecule has 20 heavy (non-hydrogen) atoms. The zero-order valence-corrected chi connectivity index (χ0v) is 12.1. The molecule has 0 aromatic carbocycles. The van der Waals surface area contributed by atoms with Gasteiger partial charge in [0.2, 0.25) is 19.8 Å². The van der Waals surface area contributed by atoms with Crippen LogP contribution in [0.1, 0.15) is 33.6 Å². The molecule has 2 N–H and O–H groups in total. The average molecular weight is 281 g/mol. The molecular weight excluding hydrogens is 261 g/mol. The maximum atomic E-state index is 12.0. The molecule has 2 radical (unpaired) electrons. The summed E-state index contributed by atoms with van der Waals surface area (Å²) in [6.45, 7) is 5.47. The molecule has 0 aromatic rings. The number of hydrogen-bond acceptors (Lipinski definition) is 4. The van der Waals surface area contributed by atoms with Crippen molar-refractivity contribution in [2.24, 2.45) is 0 Å². The molecule has 1 aliphatic rings. The number of likely N-dealkylation sites (tertiary alicyclic amines) is 1. The second-order valence-corrected chi connectivity index (χ2v) is 5.61. The van der Waals surface area contributed by atoms with Gasteiger partial charge in [-0.2, -0.15) is 0 Å². The molecular formula is C12H20BN3O4. The van der Waals surface area contributed by atoms with E-state index in [1.54, 1.807) is 20.8 Å². The lowest BCUT2D eigenvalue weighted by atomic mass is 10.2. The maximum absolute atomic E-state index is 12.0. The summed E-state index contributed by atoms with van der Waals surface area (Å²) < 4.78 is 5.03. The summed E-state index contributed by atoms with van der Waals surface area (Å²) in [5.74, 6) is -0.727. The van der Waals surface area contributed by atoms with E-state index in [-0.39, 0.29) is 12.5 Å². The predicted octanol–water partition coefficient (Wildman–Crippen LogP) is -0.298. The Labute approximate surface area is 119 Å². The smallest absolute Gasteiger partial charge is 0.408 e. The molecule has 8 heteroatoms. The van der Waals surface area contributed by atoms with Crippen LogP contribution in [0.25, 0.3) is 0 Å². The van der Waals surface area contributed by atoms with E-state index in [0.717, 1.165) is 6.42 Å². The molecule has 1 heterocycles. The van der Waals surface area contributed by atoms with E-state index < -0.39 is 23.6 Å². The Balaban J connectivity index is 2.46. The van der Waals surface area contributed by atoms with Crippen molar-refractivity contribution in [2.45, 2.75) is 45.3 Å². The van der Waals surface area contributed by atoms with Crippen molar-refractivity contribution in [1.29, 1.82) is 0 Å². The molecule has 1 fully saturated rings. The molecule has 3 amide bonds. The van der Waals surface area contributed by atoms with Crippen LogP contribution >= 0.6 is 0 Å². The molecule has 0 spiro atoms. The SMILES string of the molecule is [B]NC(=O)C1CCCN1C(=O)CNC(=O)OC(C)(C)C. The highest BCUT2D eigenvalue weighted by Crippen LogP contribution is 2.17. The van der Waals surface area contributed by atoms with Crippen molar-refractivity contribution in [3.05, 3.63) is 0 Å². The summed E-state index contributed by atoms with van der Waals surface area (Å²) in [6, 6.07) is -0.562. The fraction of sp³-hybridized carbons (Fsp3) is 0.750. The van der Waals surface area contributed by atoms with E-state index >= 15 is 0 Å². The van der Waals surface area contributed by atoms with E-state index in [2.05, 4.69) is 5.32 Å².